The Balaban J connectivity index is 1.79. The molecule has 0 saturated heterocycles. The third-order valence-corrected chi connectivity index (χ3v) is 3.85. The van der Waals surface area contributed by atoms with Gasteiger partial charge in [0.15, 0.2) is 0 Å². The van der Waals surface area contributed by atoms with Gasteiger partial charge in [-0.05, 0) is 32.3 Å². The zero-order valence-corrected chi connectivity index (χ0v) is 11.2. The van der Waals surface area contributed by atoms with Crippen LogP contribution in [0.15, 0.2) is 28.8 Å². The first-order chi connectivity index (χ1) is 9.63. The molecule has 0 spiro atoms. The van der Waals surface area contributed by atoms with E-state index in [1.54, 1.807) is 0 Å². The average molecular weight is 272 g/mol. The van der Waals surface area contributed by atoms with Gasteiger partial charge in [-0.1, -0.05) is 28.9 Å². The van der Waals surface area contributed by atoms with E-state index < -0.39 is 5.97 Å². The molecule has 20 heavy (non-hydrogen) atoms. The number of carboxylic acids is 1. The molecule has 3 rings (SSSR count). The van der Waals surface area contributed by atoms with Gasteiger partial charge < -0.3 is 9.63 Å². The zero-order chi connectivity index (χ0) is 14.1. The number of carboxylic acid groups (broad SMARTS) is 1. The molecule has 1 aromatic heterocycles. The maximum Gasteiger partial charge on any atom is 0.306 e. The van der Waals surface area contributed by atoms with Crippen LogP contribution in [-0.4, -0.2) is 21.2 Å². The van der Waals surface area contributed by atoms with Gasteiger partial charge in [-0.25, -0.2) is 0 Å². The lowest BCUT2D eigenvalue weighted by Gasteiger charge is -2.02. The number of aliphatic carboxylic acids is 1. The number of aromatic nitrogens is 2. The fourth-order valence-corrected chi connectivity index (χ4v) is 2.73. The number of nitrogens with zero attached hydrogens (tertiary/aromatic N) is 2. The summed E-state index contributed by atoms with van der Waals surface area (Å²) in [6, 6.07) is 7.91. The van der Waals surface area contributed by atoms with Gasteiger partial charge in [-0.2, -0.15) is 4.98 Å². The molecule has 5 heteroatoms. The van der Waals surface area contributed by atoms with Crippen molar-refractivity contribution in [3.63, 3.8) is 0 Å². The summed E-state index contributed by atoms with van der Waals surface area (Å²) in [6.07, 6.45) is 2.07. The number of benzene rings is 1. The van der Waals surface area contributed by atoms with E-state index in [9.17, 15) is 4.79 Å². The van der Waals surface area contributed by atoms with E-state index in [2.05, 4.69) is 10.1 Å². The van der Waals surface area contributed by atoms with Crippen LogP contribution in [0.3, 0.4) is 0 Å². The van der Waals surface area contributed by atoms with E-state index in [-0.39, 0.29) is 11.8 Å². The molecule has 1 aliphatic carbocycles. The molecular weight excluding hydrogens is 256 g/mol. The van der Waals surface area contributed by atoms with E-state index >= 15 is 0 Å². The van der Waals surface area contributed by atoms with Gasteiger partial charge in [0, 0.05) is 11.5 Å². The van der Waals surface area contributed by atoms with Crippen LogP contribution in [0, 0.1) is 12.8 Å². The van der Waals surface area contributed by atoms with E-state index in [1.165, 1.54) is 0 Å². The van der Waals surface area contributed by atoms with E-state index in [0.29, 0.717) is 24.6 Å². The fourth-order valence-electron chi connectivity index (χ4n) is 2.73. The quantitative estimate of drug-likeness (QED) is 0.929. The Hall–Kier alpha value is -2.17. The molecule has 1 heterocycles. The van der Waals surface area contributed by atoms with E-state index in [4.69, 9.17) is 9.63 Å². The van der Waals surface area contributed by atoms with Crippen molar-refractivity contribution in [2.75, 3.05) is 0 Å². The summed E-state index contributed by atoms with van der Waals surface area (Å²) in [4.78, 5) is 15.4. The second-order valence-corrected chi connectivity index (χ2v) is 5.37. The largest absolute Gasteiger partial charge is 0.481 e. The number of hydrogen-bond donors (Lipinski definition) is 1. The lowest BCUT2D eigenvalue weighted by atomic mass is 10.1. The third-order valence-electron chi connectivity index (χ3n) is 3.85. The van der Waals surface area contributed by atoms with Crippen molar-refractivity contribution in [1.29, 1.82) is 0 Å². The minimum absolute atomic E-state index is 0.0714. The van der Waals surface area contributed by atoms with Crippen LogP contribution in [0.4, 0.5) is 0 Å². The first kappa shape index (κ1) is 12.8. The molecule has 0 aliphatic heterocycles. The van der Waals surface area contributed by atoms with Gasteiger partial charge >= 0.3 is 5.97 Å². The lowest BCUT2D eigenvalue weighted by Crippen LogP contribution is -2.09. The summed E-state index contributed by atoms with van der Waals surface area (Å²) < 4.78 is 5.32. The molecule has 1 saturated carbocycles. The third kappa shape index (κ3) is 2.43. The van der Waals surface area contributed by atoms with Crippen LogP contribution in [0.1, 0.15) is 36.6 Å². The van der Waals surface area contributed by atoms with Crippen LogP contribution >= 0.6 is 0 Å². The summed E-state index contributed by atoms with van der Waals surface area (Å²) in [5.74, 6) is 0.190. The van der Waals surface area contributed by atoms with Gasteiger partial charge in [0.2, 0.25) is 11.7 Å². The van der Waals surface area contributed by atoms with E-state index in [0.717, 1.165) is 17.5 Å². The summed E-state index contributed by atoms with van der Waals surface area (Å²) in [6.45, 7) is 2.01. The Kier molecular flexibility index (Phi) is 3.26. The van der Waals surface area contributed by atoms with Crippen molar-refractivity contribution in [2.24, 2.45) is 5.92 Å². The number of carbonyl (C=O) groups is 1. The fraction of sp³-hybridized carbons (Fsp3) is 0.400. The number of aryl methyl sites for hydroxylation is 1. The average Bonchev–Trinajstić information content (AvgIpc) is 3.08. The number of hydrogen-bond acceptors (Lipinski definition) is 4. The second kappa shape index (κ2) is 5.07. The lowest BCUT2D eigenvalue weighted by molar-refractivity contribution is -0.141. The highest BCUT2D eigenvalue weighted by Crippen LogP contribution is 2.38. The molecule has 2 aromatic rings. The predicted octanol–water partition coefficient (Wildman–Crippen LogP) is 3.01. The standard InChI is InChI=1S/C15H16N2O3/c1-9-3-2-4-10(7-9)13-16-14(20-17-13)11-5-6-12(8-11)15(18)19/h2-4,7,11-12H,5-6,8H2,1H3,(H,18,19). The zero-order valence-electron chi connectivity index (χ0n) is 11.2. The summed E-state index contributed by atoms with van der Waals surface area (Å²) in [7, 11) is 0. The Bertz CT molecular complexity index is 636. The van der Waals surface area contributed by atoms with Crippen molar-refractivity contribution in [1.82, 2.24) is 10.1 Å². The van der Waals surface area contributed by atoms with Crippen LogP contribution < -0.4 is 0 Å². The van der Waals surface area contributed by atoms with E-state index in [1.807, 2.05) is 31.2 Å². The molecule has 2 unspecified atom stereocenters. The molecule has 1 aromatic carbocycles. The van der Waals surface area contributed by atoms with Gasteiger partial charge in [-0.15, -0.1) is 0 Å². The molecular formula is C15H16N2O3. The maximum absolute atomic E-state index is 11.0. The molecule has 104 valence electrons. The minimum atomic E-state index is -0.731. The van der Waals surface area contributed by atoms with Crippen molar-refractivity contribution >= 4 is 5.97 Å². The minimum Gasteiger partial charge on any atom is -0.481 e. The van der Waals surface area contributed by atoms with Crippen LogP contribution in [0.5, 0.6) is 0 Å². The summed E-state index contributed by atoms with van der Waals surface area (Å²) in [5, 5.41) is 13.0. The first-order valence-corrected chi connectivity index (χ1v) is 6.77. The highest BCUT2D eigenvalue weighted by atomic mass is 16.5. The smallest absolute Gasteiger partial charge is 0.306 e. The second-order valence-electron chi connectivity index (χ2n) is 5.37. The molecule has 0 amide bonds. The van der Waals surface area contributed by atoms with Gasteiger partial charge in [0.25, 0.3) is 0 Å². The predicted molar refractivity (Wildman–Crippen MR) is 72.2 cm³/mol. The van der Waals surface area contributed by atoms with Gasteiger partial charge in [0.05, 0.1) is 5.92 Å². The van der Waals surface area contributed by atoms with Gasteiger partial charge in [-0.3, -0.25) is 4.79 Å². The topological polar surface area (TPSA) is 76.2 Å². The van der Waals surface area contributed by atoms with Crippen molar-refractivity contribution in [2.45, 2.75) is 32.1 Å². The molecule has 0 radical (unpaired) electrons. The Morgan fingerprint density at radius 3 is 2.95 bits per heavy atom. The summed E-state index contributed by atoms with van der Waals surface area (Å²) in [5.41, 5.74) is 2.06. The normalized spacial score (nSPS) is 22.1. The van der Waals surface area contributed by atoms with Crippen LogP contribution in [-0.2, 0) is 4.79 Å². The highest BCUT2D eigenvalue weighted by molar-refractivity contribution is 5.70. The maximum atomic E-state index is 11.0. The SMILES string of the molecule is Cc1cccc(-c2noc(C3CCC(C(=O)O)C3)n2)c1. The highest BCUT2D eigenvalue weighted by Gasteiger charge is 2.33. The Labute approximate surface area is 116 Å². The van der Waals surface area contributed by atoms with Crippen LogP contribution in [0.2, 0.25) is 0 Å². The number of rotatable bonds is 3. The van der Waals surface area contributed by atoms with Gasteiger partial charge in [0.1, 0.15) is 0 Å². The Morgan fingerprint density at radius 2 is 2.25 bits per heavy atom. The molecule has 1 N–H and O–H groups in total. The van der Waals surface area contributed by atoms with Crippen molar-refractivity contribution < 1.29 is 14.4 Å². The summed E-state index contributed by atoms with van der Waals surface area (Å²) >= 11 is 0. The monoisotopic (exact) mass is 272 g/mol. The molecule has 1 fully saturated rings. The van der Waals surface area contributed by atoms with Crippen molar-refractivity contribution in [3.05, 3.63) is 35.7 Å². The van der Waals surface area contributed by atoms with Crippen molar-refractivity contribution in [3.8, 4) is 11.4 Å². The first-order valence-electron chi connectivity index (χ1n) is 6.77. The Morgan fingerprint density at radius 1 is 1.40 bits per heavy atom. The molecule has 0 bridgehead atoms. The molecule has 2 atom stereocenters. The van der Waals surface area contributed by atoms with Crippen LogP contribution in [0.25, 0.3) is 11.4 Å². The molecule has 1 aliphatic rings. The molecule has 5 nitrogen and oxygen atoms in total.